The molecule has 32 heavy (non-hydrogen) atoms. The minimum atomic E-state index is -0.674. The van der Waals surface area contributed by atoms with E-state index in [1.807, 2.05) is 34.6 Å². The van der Waals surface area contributed by atoms with E-state index in [4.69, 9.17) is 0 Å². The Labute approximate surface area is 191 Å². The molecule has 1 aromatic heterocycles. The summed E-state index contributed by atoms with van der Waals surface area (Å²) >= 11 is 1.26. The van der Waals surface area contributed by atoms with Gasteiger partial charge in [-0.15, -0.1) is 11.8 Å². The first-order valence-corrected chi connectivity index (χ1v) is 11.7. The van der Waals surface area contributed by atoms with E-state index in [1.54, 1.807) is 11.7 Å². The summed E-state index contributed by atoms with van der Waals surface area (Å²) in [6.07, 6.45) is 0.770. The zero-order valence-corrected chi connectivity index (χ0v) is 20.1. The van der Waals surface area contributed by atoms with Gasteiger partial charge in [0.05, 0.1) is 16.7 Å². The average Bonchev–Trinajstić information content (AvgIpc) is 2.97. The van der Waals surface area contributed by atoms with E-state index in [2.05, 4.69) is 10.4 Å². The fraction of sp³-hybridized carbons (Fsp3) is 0.522. The number of rotatable bonds is 5. The standard InChI is InChI=1S/C23H30F2N4O2S/c1-7-13(2)26-17(30)11-29-18(31)12-32-20(15-9-8-14(24)10-16(15)25)19-21(23(3,4)5)27-28(6)22(19)29/h8-10,13,20H,7,11-12H2,1-6H3,(H,26,30)/t13-,20+/m1/s1. The van der Waals surface area contributed by atoms with Gasteiger partial charge in [0.1, 0.15) is 24.0 Å². The van der Waals surface area contributed by atoms with Crippen LogP contribution in [0, 0.1) is 11.6 Å². The fourth-order valence-corrected chi connectivity index (χ4v) is 4.99. The summed E-state index contributed by atoms with van der Waals surface area (Å²) in [7, 11) is 1.72. The lowest BCUT2D eigenvalue weighted by Crippen LogP contribution is -2.44. The first-order chi connectivity index (χ1) is 14.9. The van der Waals surface area contributed by atoms with Crippen molar-refractivity contribution in [2.45, 2.75) is 57.7 Å². The maximum Gasteiger partial charge on any atom is 0.240 e. The zero-order chi connectivity index (χ0) is 23.8. The Kier molecular flexibility index (Phi) is 6.97. The van der Waals surface area contributed by atoms with Gasteiger partial charge in [0, 0.05) is 35.7 Å². The lowest BCUT2D eigenvalue weighted by molar-refractivity contribution is -0.123. The molecule has 0 fully saturated rings. The van der Waals surface area contributed by atoms with Gasteiger partial charge in [-0.3, -0.25) is 19.2 Å². The topological polar surface area (TPSA) is 67.2 Å². The van der Waals surface area contributed by atoms with E-state index in [9.17, 15) is 18.4 Å². The first kappa shape index (κ1) is 24.2. The molecule has 2 aromatic rings. The van der Waals surface area contributed by atoms with Crippen LogP contribution < -0.4 is 10.2 Å². The van der Waals surface area contributed by atoms with Crippen LogP contribution in [0.4, 0.5) is 14.6 Å². The van der Waals surface area contributed by atoms with Crippen molar-refractivity contribution in [3.05, 3.63) is 46.7 Å². The molecular weight excluding hydrogens is 434 g/mol. The summed E-state index contributed by atoms with van der Waals surface area (Å²) in [5.74, 6) is -1.34. The molecule has 174 valence electrons. The number of amides is 2. The Hall–Kier alpha value is -2.42. The smallest absolute Gasteiger partial charge is 0.240 e. The van der Waals surface area contributed by atoms with Crippen molar-refractivity contribution in [3.63, 3.8) is 0 Å². The van der Waals surface area contributed by atoms with Crippen molar-refractivity contribution in [1.82, 2.24) is 15.1 Å². The molecule has 2 heterocycles. The number of aryl methyl sites for hydroxylation is 1. The SMILES string of the molecule is CC[C@@H](C)NC(=O)CN1C(=O)CS[C@@H](c2ccc(F)cc2F)c2c(C(C)(C)C)nn(C)c21. The van der Waals surface area contributed by atoms with Gasteiger partial charge in [-0.2, -0.15) is 5.10 Å². The second kappa shape index (κ2) is 9.21. The molecule has 2 amide bonds. The Morgan fingerprint density at radius 2 is 2.03 bits per heavy atom. The van der Waals surface area contributed by atoms with Crippen molar-refractivity contribution in [2.75, 3.05) is 17.2 Å². The van der Waals surface area contributed by atoms with E-state index in [1.165, 1.54) is 28.8 Å². The van der Waals surface area contributed by atoms with Gasteiger partial charge in [0.15, 0.2) is 0 Å². The Balaban J connectivity index is 2.17. The molecule has 0 radical (unpaired) electrons. The number of carbonyl (C=O) groups excluding carboxylic acids is 2. The predicted molar refractivity (Wildman–Crippen MR) is 123 cm³/mol. The molecule has 1 aliphatic heterocycles. The third kappa shape index (κ3) is 4.82. The van der Waals surface area contributed by atoms with Crippen LogP contribution in [0.3, 0.4) is 0 Å². The van der Waals surface area contributed by atoms with E-state index in [0.717, 1.165) is 12.5 Å². The molecule has 6 nitrogen and oxygen atoms in total. The van der Waals surface area contributed by atoms with Crippen LogP contribution >= 0.6 is 11.8 Å². The van der Waals surface area contributed by atoms with Crippen LogP contribution in [-0.4, -0.2) is 39.9 Å². The Morgan fingerprint density at radius 1 is 1.34 bits per heavy atom. The zero-order valence-electron chi connectivity index (χ0n) is 19.3. The Morgan fingerprint density at radius 3 is 2.62 bits per heavy atom. The summed E-state index contributed by atoms with van der Waals surface area (Å²) in [5, 5.41) is 7.00. The van der Waals surface area contributed by atoms with Gasteiger partial charge in [-0.1, -0.05) is 33.8 Å². The van der Waals surface area contributed by atoms with Crippen molar-refractivity contribution in [2.24, 2.45) is 7.05 Å². The number of carbonyl (C=O) groups is 2. The highest BCUT2D eigenvalue weighted by Gasteiger charge is 2.39. The highest BCUT2D eigenvalue weighted by atomic mass is 32.2. The van der Waals surface area contributed by atoms with E-state index >= 15 is 0 Å². The van der Waals surface area contributed by atoms with Gasteiger partial charge >= 0.3 is 0 Å². The van der Waals surface area contributed by atoms with Crippen molar-refractivity contribution in [1.29, 1.82) is 0 Å². The predicted octanol–water partition coefficient (Wildman–Crippen LogP) is 4.08. The number of nitrogens with one attached hydrogen (secondary N) is 1. The number of hydrogen-bond donors (Lipinski definition) is 1. The molecule has 0 spiro atoms. The molecule has 3 rings (SSSR count). The molecule has 0 unspecified atom stereocenters. The average molecular weight is 465 g/mol. The minimum absolute atomic E-state index is 0.0174. The second-order valence-corrected chi connectivity index (χ2v) is 10.3. The number of hydrogen-bond acceptors (Lipinski definition) is 4. The molecule has 0 saturated carbocycles. The number of fused-ring (bicyclic) bond motifs is 1. The van der Waals surface area contributed by atoms with Gasteiger partial charge in [-0.25, -0.2) is 8.78 Å². The highest BCUT2D eigenvalue weighted by molar-refractivity contribution is 8.00. The van der Waals surface area contributed by atoms with Crippen LogP contribution in [0.25, 0.3) is 0 Å². The molecule has 0 saturated heterocycles. The normalized spacial score (nSPS) is 17.7. The number of anilines is 1. The largest absolute Gasteiger partial charge is 0.352 e. The highest BCUT2D eigenvalue weighted by Crippen LogP contribution is 2.48. The molecule has 1 N–H and O–H groups in total. The van der Waals surface area contributed by atoms with Crippen LogP contribution in [-0.2, 0) is 22.1 Å². The van der Waals surface area contributed by atoms with Crippen molar-refractivity contribution >= 4 is 29.4 Å². The summed E-state index contributed by atoms with van der Waals surface area (Å²) in [4.78, 5) is 27.2. The lowest BCUT2D eigenvalue weighted by Gasteiger charge is -2.24. The molecule has 0 aliphatic carbocycles. The molecule has 2 atom stereocenters. The van der Waals surface area contributed by atoms with Crippen LogP contribution in [0.15, 0.2) is 18.2 Å². The number of nitrogens with zero attached hydrogens (tertiary/aromatic N) is 3. The molecule has 1 aliphatic rings. The molecule has 0 bridgehead atoms. The summed E-state index contributed by atoms with van der Waals surface area (Å²) in [6, 6.07) is 3.47. The molecule has 1 aromatic carbocycles. The van der Waals surface area contributed by atoms with E-state index < -0.39 is 22.3 Å². The third-order valence-electron chi connectivity index (χ3n) is 5.52. The summed E-state index contributed by atoms with van der Waals surface area (Å²) in [6.45, 7) is 9.69. The summed E-state index contributed by atoms with van der Waals surface area (Å²) in [5.41, 5.74) is 1.27. The van der Waals surface area contributed by atoms with Crippen LogP contribution in [0.2, 0.25) is 0 Å². The maximum atomic E-state index is 14.8. The van der Waals surface area contributed by atoms with Crippen LogP contribution in [0.5, 0.6) is 0 Å². The number of aromatic nitrogens is 2. The number of thioether (sulfide) groups is 1. The molecule has 9 heteroatoms. The van der Waals surface area contributed by atoms with Gasteiger partial charge < -0.3 is 5.32 Å². The van der Waals surface area contributed by atoms with Gasteiger partial charge in [-0.05, 0) is 19.4 Å². The van der Waals surface area contributed by atoms with Crippen LogP contribution in [0.1, 0.15) is 63.1 Å². The summed E-state index contributed by atoms with van der Waals surface area (Å²) < 4.78 is 30.0. The van der Waals surface area contributed by atoms with E-state index in [-0.39, 0.29) is 35.7 Å². The maximum absolute atomic E-state index is 14.8. The number of halogens is 2. The third-order valence-corrected chi connectivity index (χ3v) is 6.76. The van der Waals surface area contributed by atoms with E-state index in [0.29, 0.717) is 17.1 Å². The minimum Gasteiger partial charge on any atom is -0.352 e. The fourth-order valence-electron chi connectivity index (χ4n) is 3.77. The Bertz CT molecular complexity index is 1030. The first-order valence-electron chi connectivity index (χ1n) is 10.7. The molecular formula is C23H30F2N4O2S. The number of benzene rings is 1. The van der Waals surface area contributed by atoms with Crippen molar-refractivity contribution < 1.29 is 18.4 Å². The lowest BCUT2D eigenvalue weighted by atomic mass is 9.87. The van der Waals surface area contributed by atoms with Crippen molar-refractivity contribution in [3.8, 4) is 0 Å². The van der Waals surface area contributed by atoms with Gasteiger partial charge in [0.2, 0.25) is 11.8 Å². The monoisotopic (exact) mass is 464 g/mol. The van der Waals surface area contributed by atoms with Gasteiger partial charge in [0.25, 0.3) is 0 Å². The quantitative estimate of drug-likeness (QED) is 0.724. The second-order valence-electron chi connectivity index (χ2n) is 9.17.